The number of carbonyl (C=O) groups excluding carboxylic acids is 2. The van der Waals surface area contributed by atoms with E-state index in [9.17, 15) is 14.0 Å². The standard InChI is InChI=1S/C25H29FN2O3/c1-18-9-8-14-25(15-18)28(23(29)20-12-6-7-13-21(20)26)22(17-31-25)24(30)27(2)16-19-10-4-3-5-11-19/h3-7,10-13,18,22H,8-9,14-17H2,1-2H3/t18-,22-,25+/m0/s1. The van der Waals surface area contributed by atoms with Crippen molar-refractivity contribution in [2.24, 2.45) is 5.92 Å². The summed E-state index contributed by atoms with van der Waals surface area (Å²) in [5.41, 5.74) is 0.129. The second-order valence-corrected chi connectivity index (χ2v) is 8.81. The molecule has 1 aliphatic heterocycles. The van der Waals surface area contributed by atoms with E-state index in [4.69, 9.17) is 4.74 Å². The molecular weight excluding hydrogens is 395 g/mol. The summed E-state index contributed by atoms with van der Waals surface area (Å²) in [5, 5.41) is 0. The molecule has 2 aromatic carbocycles. The van der Waals surface area contributed by atoms with E-state index in [1.165, 1.54) is 12.1 Å². The molecule has 2 amide bonds. The number of carbonyl (C=O) groups is 2. The van der Waals surface area contributed by atoms with Crippen LogP contribution in [0, 0.1) is 11.7 Å². The summed E-state index contributed by atoms with van der Waals surface area (Å²) >= 11 is 0. The highest BCUT2D eigenvalue weighted by atomic mass is 19.1. The molecule has 2 fully saturated rings. The van der Waals surface area contributed by atoms with E-state index >= 15 is 0 Å². The van der Waals surface area contributed by atoms with E-state index in [-0.39, 0.29) is 18.1 Å². The number of benzene rings is 2. The molecule has 164 valence electrons. The first-order valence-corrected chi connectivity index (χ1v) is 10.9. The molecule has 1 saturated carbocycles. The third-order valence-corrected chi connectivity index (χ3v) is 6.44. The molecule has 31 heavy (non-hydrogen) atoms. The number of ether oxygens (including phenoxy) is 1. The Morgan fingerprint density at radius 2 is 1.87 bits per heavy atom. The largest absolute Gasteiger partial charge is 0.353 e. The Bertz CT molecular complexity index is 951. The summed E-state index contributed by atoms with van der Waals surface area (Å²) < 4.78 is 20.7. The van der Waals surface area contributed by atoms with Crippen LogP contribution in [-0.4, -0.2) is 47.0 Å². The molecule has 0 aromatic heterocycles. The Labute approximate surface area is 182 Å². The minimum absolute atomic E-state index is 0.0193. The maximum atomic E-state index is 14.5. The molecule has 2 aromatic rings. The van der Waals surface area contributed by atoms with Gasteiger partial charge in [-0.1, -0.05) is 55.8 Å². The summed E-state index contributed by atoms with van der Waals surface area (Å²) in [4.78, 5) is 30.2. The van der Waals surface area contributed by atoms with E-state index in [0.717, 1.165) is 18.4 Å². The van der Waals surface area contributed by atoms with Gasteiger partial charge in [0.25, 0.3) is 5.91 Å². The topological polar surface area (TPSA) is 49.9 Å². The van der Waals surface area contributed by atoms with E-state index < -0.39 is 23.5 Å². The van der Waals surface area contributed by atoms with Crippen LogP contribution in [0.2, 0.25) is 0 Å². The lowest BCUT2D eigenvalue weighted by Gasteiger charge is -2.43. The highest BCUT2D eigenvalue weighted by molar-refractivity contribution is 5.98. The third kappa shape index (κ3) is 4.22. The normalized spacial score (nSPS) is 25.6. The second-order valence-electron chi connectivity index (χ2n) is 8.81. The molecule has 0 N–H and O–H groups in total. The number of rotatable bonds is 4. The molecule has 1 saturated heterocycles. The van der Waals surface area contributed by atoms with Crippen LogP contribution in [0.5, 0.6) is 0 Å². The van der Waals surface area contributed by atoms with E-state index in [1.54, 1.807) is 29.0 Å². The minimum Gasteiger partial charge on any atom is -0.353 e. The highest BCUT2D eigenvalue weighted by Crippen LogP contribution is 2.43. The zero-order chi connectivity index (χ0) is 22.0. The van der Waals surface area contributed by atoms with Crippen molar-refractivity contribution in [3.63, 3.8) is 0 Å². The molecule has 1 aliphatic carbocycles. The van der Waals surface area contributed by atoms with Crippen molar-refractivity contribution in [3.05, 3.63) is 71.5 Å². The van der Waals surface area contributed by atoms with E-state index in [0.29, 0.717) is 25.3 Å². The van der Waals surface area contributed by atoms with Crippen molar-refractivity contribution in [1.82, 2.24) is 9.80 Å². The molecule has 2 aliphatic rings. The third-order valence-electron chi connectivity index (χ3n) is 6.44. The molecule has 5 nitrogen and oxygen atoms in total. The van der Waals surface area contributed by atoms with Crippen LogP contribution in [0.4, 0.5) is 4.39 Å². The first-order chi connectivity index (χ1) is 14.9. The van der Waals surface area contributed by atoms with Gasteiger partial charge in [0.2, 0.25) is 5.91 Å². The van der Waals surface area contributed by atoms with Crippen molar-refractivity contribution in [3.8, 4) is 0 Å². The van der Waals surface area contributed by atoms with Gasteiger partial charge in [0.15, 0.2) is 0 Å². The Hall–Kier alpha value is -2.73. The Balaban J connectivity index is 1.65. The minimum atomic E-state index is -0.856. The summed E-state index contributed by atoms with van der Waals surface area (Å²) in [6, 6.07) is 14.9. The fourth-order valence-electron chi connectivity index (χ4n) is 4.95. The number of hydrogen-bond acceptors (Lipinski definition) is 3. The lowest BCUT2D eigenvalue weighted by molar-refractivity contribution is -0.137. The Morgan fingerprint density at radius 1 is 1.16 bits per heavy atom. The molecule has 0 unspecified atom stereocenters. The van der Waals surface area contributed by atoms with Crippen molar-refractivity contribution in [1.29, 1.82) is 0 Å². The predicted octanol–water partition coefficient (Wildman–Crippen LogP) is 4.23. The van der Waals surface area contributed by atoms with Gasteiger partial charge in [-0.3, -0.25) is 14.5 Å². The average molecular weight is 425 g/mol. The zero-order valence-corrected chi connectivity index (χ0v) is 18.1. The molecular formula is C25H29FN2O3. The Kier molecular flexibility index (Phi) is 6.10. The van der Waals surface area contributed by atoms with Crippen molar-refractivity contribution in [2.75, 3.05) is 13.7 Å². The van der Waals surface area contributed by atoms with Crippen LogP contribution in [0.1, 0.15) is 48.5 Å². The predicted molar refractivity (Wildman–Crippen MR) is 116 cm³/mol. The SMILES string of the molecule is C[C@H]1CCC[C@]2(C1)OC[C@@H](C(=O)N(C)Cc1ccccc1)N2C(=O)c1ccccc1F. The first kappa shape index (κ1) is 21.5. The summed E-state index contributed by atoms with van der Waals surface area (Å²) in [7, 11) is 1.73. The van der Waals surface area contributed by atoms with Crippen LogP contribution in [0.15, 0.2) is 54.6 Å². The van der Waals surface area contributed by atoms with E-state index in [2.05, 4.69) is 6.92 Å². The molecule has 4 rings (SSSR count). The number of amides is 2. The van der Waals surface area contributed by atoms with Crippen LogP contribution in [0.25, 0.3) is 0 Å². The highest BCUT2D eigenvalue weighted by Gasteiger charge is 2.54. The molecule has 1 heterocycles. The van der Waals surface area contributed by atoms with E-state index in [1.807, 2.05) is 30.3 Å². The number of likely N-dealkylation sites (N-methyl/N-ethyl adjacent to an activating group) is 1. The van der Waals surface area contributed by atoms with Gasteiger partial charge in [0.05, 0.1) is 12.2 Å². The zero-order valence-electron chi connectivity index (χ0n) is 18.1. The number of hydrogen-bond donors (Lipinski definition) is 0. The van der Waals surface area contributed by atoms with Gasteiger partial charge in [0.1, 0.15) is 17.6 Å². The average Bonchev–Trinajstić information content (AvgIpc) is 3.11. The molecule has 3 atom stereocenters. The maximum Gasteiger partial charge on any atom is 0.259 e. The monoisotopic (exact) mass is 424 g/mol. The summed E-state index contributed by atoms with van der Waals surface area (Å²) in [6.07, 6.45) is 3.27. The van der Waals surface area contributed by atoms with Crippen molar-refractivity contribution in [2.45, 2.75) is 50.9 Å². The van der Waals surface area contributed by atoms with Gasteiger partial charge < -0.3 is 9.64 Å². The summed E-state index contributed by atoms with van der Waals surface area (Å²) in [6.45, 7) is 2.69. The van der Waals surface area contributed by atoms with Crippen molar-refractivity contribution >= 4 is 11.8 Å². The van der Waals surface area contributed by atoms with Gasteiger partial charge >= 0.3 is 0 Å². The molecule has 6 heteroatoms. The quantitative estimate of drug-likeness (QED) is 0.738. The molecule has 1 spiro atoms. The van der Waals surface area contributed by atoms with Gasteiger partial charge in [0, 0.05) is 13.6 Å². The number of halogens is 1. The van der Waals surface area contributed by atoms with Gasteiger partial charge in [-0.25, -0.2) is 4.39 Å². The van der Waals surface area contributed by atoms with Crippen molar-refractivity contribution < 1.29 is 18.7 Å². The van der Waals surface area contributed by atoms with Gasteiger partial charge in [-0.2, -0.15) is 0 Å². The lowest BCUT2D eigenvalue weighted by atomic mass is 9.83. The summed E-state index contributed by atoms with van der Waals surface area (Å²) in [5.74, 6) is -0.886. The van der Waals surface area contributed by atoms with Crippen LogP contribution < -0.4 is 0 Å². The number of nitrogens with zero attached hydrogens (tertiary/aromatic N) is 2. The molecule has 0 radical (unpaired) electrons. The van der Waals surface area contributed by atoms with Crippen LogP contribution in [0.3, 0.4) is 0 Å². The fraction of sp³-hybridized carbons (Fsp3) is 0.440. The van der Waals surface area contributed by atoms with Crippen LogP contribution >= 0.6 is 0 Å². The maximum absolute atomic E-state index is 14.5. The first-order valence-electron chi connectivity index (χ1n) is 10.9. The second kappa shape index (κ2) is 8.79. The Morgan fingerprint density at radius 3 is 2.58 bits per heavy atom. The lowest BCUT2D eigenvalue weighted by Crippen LogP contribution is -2.57. The van der Waals surface area contributed by atoms with Gasteiger partial charge in [-0.05, 0) is 42.9 Å². The van der Waals surface area contributed by atoms with Gasteiger partial charge in [-0.15, -0.1) is 0 Å². The smallest absolute Gasteiger partial charge is 0.259 e. The van der Waals surface area contributed by atoms with Crippen LogP contribution in [-0.2, 0) is 16.1 Å². The fourth-order valence-corrected chi connectivity index (χ4v) is 4.95. The molecule has 0 bridgehead atoms.